The SMILES string of the molecule is CN1C(=O)C(O[Si](C)(C)C)C(O[Si](C)(C)C)N(C)C1=O. The largest absolute Gasteiger partial charge is 0.402 e. The van der Waals surface area contributed by atoms with Crippen LogP contribution in [0, 0.1) is 0 Å². The van der Waals surface area contributed by atoms with Gasteiger partial charge < -0.3 is 8.85 Å². The number of hydrogen-bond donors (Lipinski definition) is 0. The third kappa shape index (κ3) is 4.14. The topological polar surface area (TPSA) is 59.1 Å². The maximum atomic E-state index is 12.4. The van der Waals surface area contributed by atoms with Crippen molar-refractivity contribution in [2.45, 2.75) is 51.6 Å². The van der Waals surface area contributed by atoms with E-state index in [0.29, 0.717) is 0 Å². The van der Waals surface area contributed by atoms with E-state index in [1.165, 1.54) is 11.9 Å². The smallest absolute Gasteiger partial charge is 0.328 e. The summed E-state index contributed by atoms with van der Waals surface area (Å²) in [6.07, 6.45) is -1.37. The van der Waals surface area contributed by atoms with Gasteiger partial charge in [-0.25, -0.2) is 4.79 Å². The van der Waals surface area contributed by atoms with Crippen LogP contribution in [0.4, 0.5) is 4.79 Å². The molecule has 0 N–H and O–H groups in total. The first kappa shape index (κ1) is 17.3. The summed E-state index contributed by atoms with van der Waals surface area (Å²) in [6, 6.07) is -0.353. The monoisotopic (exact) mass is 318 g/mol. The molecule has 0 aliphatic carbocycles. The highest BCUT2D eigenvalue weighted by molar-refractivity contribution is 6.70. The second-order valence-corrected chi connectivity index (χ2v) is 16.0. The van der Waals surface area contributed by atoms with E-state index >= 15 is 0 Å². The van der Waals surface area contributed by atoms with Crippen LogP contribution < -0.4 is 0 Å². The molecule has 116 valence electrons. The van der Waals surface area contributed by atoms with Gasteiger partial charge in [-0.15, -0.1) is 0 Å². The Morgan fingerprint density at radius 1 is 0.900 bits per heavy atom. The van der Waals surface area contributed by atoms with Crippen molar-refractivity contribution in [1.29, 1.82) is 0 Å². The van der Waals surface area contributed by atoms with Gasteiger partial charge in [-0.3, -0.25) is 14.6 Å². The lowest BCUT2D eigenvalue weighted by atomic mass is 10.2. The Morgan fingerprint density at radius 3 is 1.75 bits per heavy atom. The van der Waals surface area contributed by atoms with E-state index in [9.17, 15) is 9.59 Å². The fraction of sp³-hybridized carbons (Fsp3) is 0.833. The molecule has 6 nitrogen and oxygen atoms in total. The molecule has 1 aliphatic rings. The standard InChI is InChI=1S/C12H26N2O4Si2/c1-13-10(15)9(17-19(3,4)5)11(14(2)12(13)16)18-20(6,7)8/h9,11H,1-8H3. The van der Waals surface area contributed by atoms with Crippen LogP contribution in [0.25, 0.3) is 0 Å². The molecular weight excluding hydrogens is 292 g/mol. The Morgan fingerprint density at radius 2 is 1.35 bits per heavy atom. The van der Waals surface area contributed by atoms with E-state index in [1.54, 1.807) is 7.05 Å². The number of amides is 3. The minimum atomic E-state index is -1.93. The minimum absolute atomic E-state index is 0.321. The Labute approximate surface area is 123 Å². The van der Waals surface area contributed by atoms with Crippen molar-refractivity contribution in [2.24, 2.45) is 0 Å². The average molecular weight is 319 g/mol. The average Bonchev–Trinajstić information content (AvgIpc) is 2.25. The number of urea groups is 1. The number of imide groups is 1. The van der Waals surface area contributed by atoms with Gasteiger partial charge in [0, 0.05) is 14.1 Å². The molecule has 1 rings (SSSR count). The highest BCUT2D eigenvalue weighted by Crippen LogP contribution is 2.25. The van der Waals surface area contributed by atoms with Crippen molar-refractivity contribution in [3.05, 3.63) is 0 Å². The molecule has 1 aliphatic heterocycles. The van der Waals surface area contributed by atoms with Crippen LogP contribution in [-0.2, 0) is 13.6 Å². The summed E-state index contributed by atoms with van der Waals surface area (Å²) in [6.45, 7) is 12.1. The summed E-state index contributed by atoms with van der Waals surface area (Å²) >= 11 is 0. The molecule has 0 aromatic heterocycles. The molecule has 0 bridgehead atoms. The zero-order valence-electron chi connectivity index (χ0n) is 13.7. The number of likely N-dealkylation sites (N-methyl/N-ethyl adjacent to an activating group) is 2. The molecule has 2 unspecified atom stereocenters. The van der Waals surface area contributed by atoms with E-state index in [0.717, 1.165) is 4.90 Å². The molecular formula is C12H26N2O4Si2. The Kier molecular flexibility index (Phi) is 4.85. The van der Waals surface area contributed by atoms with Gasteiger partial charge >= 0.3 is 6.03 Å². The molecule has 0 aromatic carbocycles. The van der Waals surface area contributed by atoms with Crippen LogP contribution in [-0.4, -0.2) is 64.8 Å². The molecule has 0 radical (unpaired) electrons. The van der Waals surface area contributed by atoms with Crippen molar-refractivity contribution in [3.63, 3.8) is 0 Å². The predicted octanol–water partition coefficient (Wildman–Crippen LogP) is 1.91. The predicted molar refractivity (Wildman–Crippen MR) is 82.4 cm³/mol. The van der Waals surface area contributed by atoms with Crippen LogP contribution in [0.2, 0.25) is 39.3 Å². The van der Waals surface area contributed by atoms with Gasteiger partial charge in [0.25, 0.3) is 5.91 Å². The number of hydrogen-bond acceptors (Lipinski definition) is 4. The van der Waals surface area contributed by atoms with Gasteiger partial charge in [-0.2, -0.15) is 0 Å². The molecule has 2 atom stereocenters. The van der Waals surface area contributed by atoms with Crippen LogP contribution in [0.1, 0.15) is 0 Å². The first-order valence-electron chi connectivity index (χ1n) is 6.73. The van der Waals surface area contributed by atoms with Crippen LogP contribution in [0.3, 0.4) is 0 Å². The zero-order chi connectivity index (χ0) is 15.9. The van der Waals surface area contributed by atoms with Crippen LogP contribution >= 0.6 is 0 Å². The second-order valence-electron chi connectivity index (χ2n) is 7.06. The Hall–Kier alpha value is -0.706. The van der Waals surface area contributed by atoms with Crippen molar-refractivity contribution >= 4 is 28.6 Å². The molecule has 0 spiro atoms. The normalized spacial score (nSPS) is 25.4. The summed E-state index contributed by atoms with van der Waals surface area (Å²) < 4.78 is 12.0. The van der Waals surface area contributed by atoms with Gasteiger partial charge in [0.05, 0.1) is 0 Å². The van der Waals surface area contributed by atoms with Crippen molar-refractivity contribution in [1.82, 2.24) is 9.80 Å². The quantitative estimate of drug-likeness (QED) is 0.743. The fourth-order valence-corrected chi connectivity index (χ4v) is 3.93. The Bertz CT molecular complexity index is 403. The first-order chi connectivity index (χ1) is 8.83. The molecule has 8 heteroatoms. The third-order valence-electron chi connectivity index (χ3n) is 2.76. The van der Waals surface area contributed by atoms with Crippen LogP contribution in [0.15, 0.2) is 0 Å². The molecule has 1 heterocycles. The van der Waals surface area contributed by atoms with E-state index in [-0.39, 0.29) is 11.9 Å². The molecule has 3 amide bonds. The van der Waals surface area contributed by atoms with E-state index in [2.05, 4.69) is 0 Å². The zero-order valence-corrected chi connectivity index (χ0v) is 15.7. The summed E-state index contributed by atoms with van der Waals surface area (Å²) in [7, 11) is -0.721. The minimum Gasteiger partial charge on any atom is -0.402 e. The fourth-order valence-electron chi connectivity index (χ4n) is 1.95. The molecule has 0 aromatic rings. The molecule has 0 saturated carbocycles. The van der Waals surface area contributed by atoms with Crippen molar-refractivity contribution < 1.29 is 18.4 Å². The molecule has 1 fully saturated rings. The molecule has 1 saturated heterocycles. The summed E-state index contributed by atoms with van der Waals surface area (Å²) in [5.74, 6) is -0.321. The Balaban J connectivity index is 3.10. The van der Waals surface area contributed by atoms with Gasteiger partial charge in [-0.1, -0.05) is 0 Å². The number of carbonyl (C=O) groups is 2. The second kappa shape index (κ2) is 5.59. The highest BCUT2D eigenvalue weighted by Gasteiger charge is 2.47. The molecule has 20 heavy (non-hydrogen) atoms. The van der Waals surface area contributed by atoms with E-state index < -0.39 is 29.0 Å². The highest BCUT2D eigenvalue weighted by atomic mass is 28.4. The lowest BCUT2D eigenvalue weighted by Crippen LogP contribution is -2.66. The number of nitrogens with zero attached hydrogens (tertiary/aromatic N) is 2. The third-order valence-corrected chi connectivity index (χ3v) is 4.67. The maximum Gasteiger partial charge on any atom is 0.328 e. The summed E-state index contributed by atoms with van der Waals surface area (Å²) in [5, 5.41) is 0. The lowest BCUT2D eigenvalue weighted by molar-refractivity contribution is -0.152. The maximum absolute atomic E-state index is 12.4. The van der Waals surface area contributed by atoms with E-state index in [4.69, 9.17) is 8.85 Å². The van der Waals surface area contributed by atoms with Gasteiger partial charge in [0.1, 0.15) is 0 Å². The van der Waals surface area contributed by atoms with E-state index in [1.807, 2.05) is 39.3 Å². The van der Waals surface area contributed by atoms with Crippen molar-refractivity contribution in [2.75, 3.05) is 14.1 Å². The first-order valence-corrected chi connectivity index (χ1v) is 13.5. The summed E-state index contributed by atoms with van der Waals surface area (Å²) in [5.41, 5.74) is 0. The van der Waals surface area contributed by atoms with Crippen LogP contribution in [0.5, 0.6) is 0 Å². The van der Waals surface area contributed by atoms with Gasteiger partial charge in [0.15, 0.2) is 29.0 Å². The van der Waals surface area contributed by atoms with Crippen molar-refractivity contribution in [3.8, 4) is 0 Å². The lowest BCUT2D eigenvalue weighted by Gasteiger charge is -2.45. The number of rotatable bonds is 4. The summed E-state index contributed by atoms with van der Waals surface area (Å²) in [4.78, 5) is 27.0. The van der Waals surface area contributed by atoms with Gasteiger partial charge in [0.2, 0.25) is 0 Å². The van der Waals surface area contributed by atoms with Gasteiger partial charge in [-0.05, 0) is 39.3 Å². The number of carbonyl (C=O) groups excluding carboxylic acids is 2.